The molecule has 0 aliphatic heterocycles. The topological polar surface area (TPSA) is 78.5 Å². The second kappa shape index (κ2) is 11.1. The van der Waals surface area contributed by atoms with Crippen molar-refractivity contribution in [1.82, 2.24) is 14.1 Å². The Morgan fingerprint density at radius 3 is 2.56 bits per heavy atom. The Labute approximate surface area is 235 Å². The third kappa shape index (κ3) is 5.35. The molecule has 41 heavy (non-hydrogen) atoms. The number of carboxylic acids is 1. The standard InChI is InChI=1S/C32H31F2N3O4/c1-40-15-13-37-29-10-8-23(31(38)39)18-26(29)35-30(37)22-7-9-27-24(17-22)25-19-32(33,34)12-11-28(25)36(27)14-16-41-20-21-5-3-2-4-6-21/h2-10,17-18H,11-16,19-20H2,1H3,(H,38,39). The fraction of sp³-hybridized carbons (Fsp3) is 0.312. The van der Waals surface area contributed by atoms with E-state index in [1.54, 1.807) is 25.3 Å². The lowest BCUT2D eigenvalue weighted by molar-refractivity contribution is -0.0126. The average molecular weight is 560 g/mol. The van der Waals surface area contributed by atoms with Crippen LogP contribution < -0.4 is 0 Å². The van der Waals surface area contributed by atoms with Gasteiger partial charge in [-0.05, 0) is 53.9 Å². The normalized spacial score (nSPS) is 14.5. The molecular formula is C32H31F2N3O4. The molecule has 0 bridgehead atoms. The summed E-state index contributed by atoms with van der Waals surface area (Å²) in [5.41, 5.74) is 5.85. The van der Waals surface area contributed by atoms with E-state index in [1.807, 2.05) is 53.1 Å². The minimum atomic E-state index is -2.76. The minimum absolute atomic E-state index is 0.152. The van der Waals surface area contributed by atoms with Crippen molar-refractivity contribution in [3.8, 4) is 11.4 Å². The second-order valence-corrected chi connectivity index (χ2v) is 10.5. The van der Waals surface area contributed by atoms with Gasteiger partial charge < -0.3 is 23.7 Å². The molecule has 0 atom stereocenters. The Morgan fingerprint density at radius 2 is 1.78 bits per heavy atom. The SMILES string of the molecule is COCCn1c(-c2ccc3c(c2)c2c(n3CCOCc3ccccc3)CCC(F)(F)C2)nc2cc(C(=O)O)ccc21. The molecule has 1 N–H and O–H groups in total. The molecule has 0 amide bonds. The van der Waals surface area contributed by atoms with Gasteiger partial charge in [0, 0.05) is 55.2 Å². The Hall–Kier alpha value is -4.08. The van der Waals surface area contributed by atoms with Gasteiger partial charge in [0.25, 0.3) is 5.92 Å². The number of imidazole rings is 1. The zero-order valence-corrected chi connectivity index (χ0v) is 22.8. The Bertz CT molecular complexity index is 1730. The van der Waals surface area contributed by atoms with Gasteiger partial charge in [0.15, 0.2) is 0 Å². The molecule has 0 saturated heterocycles. The first-order valence-corrected chi connectivity index (χ1v) is 13.7. The maximum absolute atomic E-state index is 14.7. The van der Waals surface area contributed by atoms with Crippen molar-refractivity contribution < 1.29 is 28.2 Å². The summed E-state index contributed by atoms with van der Waals surface area (Å²) in [5, 5.41) is 10.3. The predicted molar refractivity (Wildman–Crippen MR) is 153 cm³/mol. The van der Waals surface area contributed by atoms with Crippen LogP contribution in [-0.2, 0) is 42.0 Å². The van der Waals surface area contributed by atoms with Crippen LogP contribution in [-0.4, -0.2) is 51.4 Å². The maximum Gasteiger partial charge on any atom is 0.335 e. The van der Waals surface area contributed by atoms with Gasteiger partial charge in [0.05, 0.1) is 36.4 Å². The van der Waals surface area contributed by atoms with Gasteiger partial charge in [-0.25, -0.2) is 18.6 Å². The first kappa shape index (κ1) is 27.1. The summed E-state index contributed by atoms with van der Waals surface area (Å²) >= 11 is 0. The third-order valence-corrected chi connectivity index (χ3v) is 7.79. The number of rotatable bonds is 10. The number of halogens is 2. The number of hydrogen-bond acceptors (Lipinski definition) is 4. The van der Waals surface area contributed by atoms with E-state index in [-0.39, 0.29) is 18.4 Å². The number of methoxy groups -OCH3 is 1. The molecule has 0 unspecified atom stereocenters. The van der Waals surface area contributed by atoms with E-state index in [0.717, 1.165) is 33.2 Å². The van der Waals surface area contributed by atoms with Crippen LogP contribution in [0.1, 0.15) is 33.6 Å². The van der Waals surface area contributed by atoms with Crippen molar-refractivity contribution in [2.24, 2.45) is 0 Å². The summed E-state index contributed by atoms with van der Waals surface area (Å²) in [4.78, 5) is 16.3. The van der Waals surface area contributed by atoms with Crippen LogP contribution in [0.3, 0.4) is 0 Å². The molecule has 9 heteroatoms. The van der Waals surface area contributed by atoms with E-state index in [2.05, 4.69) is 4.57 Å². The molecule has 6 rings (SSSR count). The van der Waals surface area contributed by atoms with Crippen molar-refractivity contribution in [1.29, 1.82) is 0 Å². The maximum atomic E-state index is 14.7. The number of ether oxygens (including phenoxy) is 2. The van der Waals surface area contributed by atoms with E-state index in [0.29, 0.717) is 56.2 Å². The summed E-state index contributed by atoms with van der Waals surface area (Å²) < 4.78 is 44.7. The number of aromatic carboxylic acids is 1. The number of carbonyl (C=O) groups is 1. The van der Waals surface area contributed by atoms with Gasteiger partial charge in [-0.2, -0.15) is 0 Å². The van der Waals surface area contributed by atoms with Crippen LogP contribution in [0.25, 0.3) is 33.3 Å². The zero-order valence-electron chi connectivity index (χ0n) is 22.8. The lowest BCUT2D eigenvalue weighted by Gasteiger charge is -2.23. The summed E-state index contributed by atoms with van der Waals surface area (Å²) in [6.07, 6.45) is -0.176. The van der Waals surface area contributed by atoms with Crippen LogP contribution in [0.4, 0.5) is 8.78 Å². The highest BCUT2D eigenvalue weighted by Crippen LogP contribution is 2.40. The van der Waals surface area contributed by atoms with Crippen molar-refractivity contribution in [2.45, 2.75) is 44.9 Å². The molecule has 7 nitrogen and oxygen atoms in total. The van der Waals surface area contributed by atoms with Crippen molar-refractivity contribution in [3.05, 3.63) is 89.1 Å². The third-order valence-electron chi connectivity index (χ3n) is 7.79. The Kier molecular flexibility index (Phi) is 7.32. The molecule has 0 spiro atoms. The Balaban J connectivity index is 1.39. The van der Waals surface area contributed by atoms with Crippen LogP contribution in [0.15, 0.2) is 66.7 Å². The molecule has 212 valence electrons. The molecular weight excluding hydrogens is 528 g/mol. The monoisotopic (exact) mass is 559 g/mol. The molecule has 1 aliphatic carbocycles. The lowest BCUT2D eigenvalue weighted by atomic mass is 9.92. The summed E-state index contributed by atoms with van der Waals surface area (Å²) in [6.45, 7) is 2.45. The molecule has 2 aromatic heterocycles. The number of benzene rings is 3. The summed E-state index contributed by atoms with van der Waals surface area (Å²) in [7, 11) is 1.62. The minimum Gasteiger partial charge on any atom is -0.478 e. The van der Waals surface area contributed by atoms with E-state index in [9.17, 15) is 18.7 Å². The van der Waals surface area contributed by atoms with Crippen LogP contribution in [0.5, 0.6) is 0 Å². The van der Waals surface area contributed by atoms with Crippen LogP contribution >= 0.6 is 0 Å². The first-order chi connectivity index (χ1) is 19.8. The van der Waals surface area contributed by atoms with Crippen LogP contribution in [0.2, 0.25) is 0 Å². The number of fused-ring (bicyclic) bond motifs is 4. The van der Waals surface area contributed by atoms with Gasteiger partial charge in [-0.3, -0.25) is 0 Å². The second-order valence-electron chi connectivity index (χ2n) is 10.5. The van der Waals surface area contributed by atoms with Gasteiger partial charge >= 0.3 is 5.97 Å². The van der Waals surface area contributed by atoms with E-state index < -0.39 is 11.9 Å². The van der Waals surface area contributed by atoms with E-state index >= 15 is 0 Å². The number of alkyl halides is 2. The molecule has 3 aromatic carbocycles. The van der Waals surface area contributed by atoms with Gasteiger partial charge in [-0.15, -0.1) is 0 Å². The molecule has 0 fully saturated rings. The van der Waals surface area contributed by atoms with Gasteiger partial charge in [-0.1, -0.05) is 30.3 Å². The highest BCUT2D eigenvalue weighted by molar-refractivity contribution is 5.94. The van der Waals surface area contributed by atoms with Crippen molar-refractivity contribution in [2.75, 3.05) is 20.3 Å². The quantitative estimate of drug-likeness (QED) is 0.202. The Morgan fingerprint density at radius 1 is 1.00 bits per heavy atom. The highest BCUT2D eigenvalue weighted by atomic mass is 19.3. The molecule has 0 radical (unpaired) electrons. The number of carboxylic acid groups (broad SMARTS) is 1. The van der Waals surface area contributed by atoms with Gasteiger partial charge in [0.1, 0.15) is 5.82 Å². The van der Waals surface area contributed by atoms with E-state index in [4.69, 9.17) is 14.5 Å². The van der Waals surface area contributed by atoms with E-state index in [1.165, 1.54) is 0 Å². The molecule has 5 aromatic rings. The average Bonchev–Trinajstić information content (AvgIpc) is 3.48. The zero-order chi connectivity index (χ0) is 28.6. The van der Waals surface area contributed by atoms with Crippen LogP contribution in [0, 0.1) is 0 Å². The molecule has 1 aliphatic rings. The number of nitrogens with zero attached hydrogens (tertiary/aromatic N) is 3. The number of aromatic nitrogens is 3. The van der Waals surface area contributed by atoms with Gasteiger partial charge in [0.2, 0.25) is 0 Å². The largest absolute Gasteiger partial charge is 0.478 e. The molecule has 2 heterocycles. The fourth-order valence-corrected chi connectivity index (χ4v) is 5.81. The van der Waals surface area contributed by atoms with Crippen molar-refractivity contribution >= 4 is 27.9 Å². The number of hydrogen-bond donors (Lipinski definition) is 1. The highest BCUT2D eigenvalue weighted by Gasteiger charge is 2.37. The summed E-state index contributed by atoms with van der Waals surface area (Å²) in [6, 6.07) is 20.7. The smallest absolute Gasteiger partial charge is 0.335 e. The van der Waals surface area contributed by atoms with Crippen molar-refractivity contribution in [3.63, 3.8) is 0 Å². The predicted octanol–water partition coefficient (Wildman–Crippen LogP) is 6.34. The lowest BCUT2D eigenvalue weighted by Crippen LogP contribution is -2.26. The first-order valence-electron chi connectivity index (χ1n) is 13.7. The molecule has 0 saturated carbocycles. The summed E-state index contributed by atoms with van der Waals surface area (Å²) in [5.74, 6) is -3.15. The fourth-order valence-electron chi connectivity index (χ4n) is 5.81.